The Hall–Kier alpha value is -0.776. The number of carboxylic acids is 2. The van der Waals surface area contributed by atoms with Crippen molar-refractivity contribution in [3.63, 3.8) is 0 Å². The molecule has 0 aliphatic carbocycles. The number of rotatable bonds is 5. The van der Waals surface area contributed by atoms with E-state index in [0.717, 1.165) is 25.7 Å². The number of carbonyl (C=O) groups is 2. The minimum absolute atomic E-state index is 0. The van der Waals surface area contributed by atoms with Gasteiger partial charge in [0.05, 0.1) is 5.92 Å². The third-order valence-electron chi connectivity index (χ3n) is 1.99. The fourth-order valence-electron chi connectivity index (χ4n) is 0.953. The van der Waals surface area contributed by atoms with Gasteiger partial charge in [-0.2, -0.15) is 13.2 Å². The van der Waals surface area contributed by atoms with E-state index in [-0.39, 0.29) is 22.4 Å². The van der Waals surface area contributed by atoms with Gasteiger partial charge in [0.15, 0.2) is 0 Å². The van der Waals surface area contributed by atoms with Crippen LogP contribution in [0.25, 0.3) is 0 Å². The van der Waals surface area contributed by atoms with Crippen LogP contribution in [0.2, 0.25) is 0 Å². The Bertz CT molecular complexity index is 244. The summed E-state index contributed by atoms with van der Waals surface area (Å²) in [6, 6.07) is 0. The third-order valence-corrected chi connectivity index (χ3v) is 1.99. The maximum Gasteiger partial charge on any atom is 0.490 e. The number of alkyl halides is 3. The molecule has 0 saturated carbocycles. The summed E-state index contributed by atoms with van der Waals surface area (Å²) in [4.78, 5) is 19.3. The Morgan fingerprint density at radius 1 is 1.17 bits per heavy atom. The molecule has 0 bridgehead atoms. The molecule has 0 heterocycles. The van der Waals surface area contributed by atoms with E-state index in [4.69, 9.17) is 15.0 Å². The summed E-state index contributed by atoms with van der Waals surface area (Å²) in [6.45, 7) is 4.00. The topological polar surface area (TPSA) is 74.6 Å². The first-order chi connectivity index (χ1) is 7.66. The molecule has 0 aromatic heterocycles. The smallest absolute Gasteiger partial charge is 0.481 e. The molecular formula is C10H17F3NiO4. The van der Waals surface area contributed by atoms with E-state index in [0.29, 0.717) is 0 Å². The zero-order valence-corrected chi connectivity index (χ0v) is 11.1. The summed E-state index contributed by atoms with van der Waals surface area (Å²) in [5.41, 5.74) is 0. The maximum absolute atomic E-state index is 10.6. The van der Waals surface area contributed by atoms with E-state index < -0.39 is 18.1 Å². The van der Waals surface area contributed by atoms with Crippen molar-refractivity contribution in [2.45, 2.75) is 45.7 Å². The fraction of sp³-hybridized carbons (Fsp3) is 0.800. The standard InChI is InChI=1S/C8H16O2.C2HF3O2.Ni/c1-3-5-6-7(4-2)8(9)10;3-2(4,5)1(6)7;/h7H,3-6H2,1-2H3,(H,9,10);(H,6,7);. The second-order valence-corrected chi connectivity index (χ2v) is 3.39. The minimum atomic E-state index is -5.08. The number of hydrogen-bond acceptors (Lipinski definition) is 2. The largest absolute Gasteiger partial charge is 0.490 e. The van der Waals surface area contributed by atoms with Crippen molar-refractivity contribution in [3.05, 3.63) is 0 Å². The molecular weight excluding hydrogens is 300 g/mol. The summed E-state index contributed by atoms with van der Waals surface area (Å²) in [5.74, 6) is -3.51. The summed E-state index contributed by atoms with van der Waals surface area (Å²) >= 11 is 0. The van der Waals surface area contributed by atoms with Crippen LogP contribution in [0.4, 0.5) is 13.2 Å². The summed E-state index contributed by atoms with van der Waals surface area (Å²) in [6.07, 6.45) is -1.37. The Kier molecular flexibility index (Phi) is 14.1. The Balaban J connectivity index is -0.000000251. The first-order valence-corrected chi connectivity index (χ1v) is 5.19. The van der Waals surface area contributed by atoms with Crippen LogP contribution in [-0.4, -0.2) is 28.3 Å². The van der Waals surface area contributed by atoms with Crippen molar-refractivity contribution in [1.82, 2.24) is 0 Å². The molecule has 18 heavy (non-hydrogen) atoms. The second-order valence-electron chi connectivity index (χ2n) is 3.39. The average molecular weight is 317 g/mol. The number of aliphatic carboxylic acids is 2. The minimum Gasteiger partial charge on any atom is -0.481 e. The SMILES string of the molecule is CCCCC(CC)C(=O)O.O=C(O)C(F)(F)F.[Ni]. The van der Waals surface area contributed by atoms with Gasteiger partial charge >= 0.3 is 18.1 Å². The predicted molar refractivity (Wildman–Crippen MR) is 54.6 cm³/mol. The predicted octanol–water partition coefficient (Wildman–Crippen LogP) is 2.92. The molecule has 8 heteroatoms. The van der Waals surface area contributed by atoms with Gasteiger partial charge in [-0.1, -0.05) is 26.7 Å². The molecule has 0 spiro atoms. The van der Waals surface area contributed by atoms with Gasteiger partial charge in [-0.15, -0.1) is 0 Å². The van der Waals surface area contributed by atoms with E-state index in [1.807, 2.05) is 6.92 Å². The summed E-state index contributed by atoms with van der Waals surface area (Å²) in [5, 5.41) is 15.7. The first-order valence-electron chi connectivity index (χ1n) is 5.19. The molecule has 0 saturated heterocycles. The quantitative estimate of drug-likeness (QED) is 0.765. The molecule has 1 atom stereocenters. The van der Waals surface area contributed by atoms with Gasteiger partial charge in [0.1, 0.15) is 0 Å². The number of carboxylic acid groups (broad SMARTS) is 2. The van der Waals surface area contributed by atoms with E-state index in [1.54, 1.807) is 0 Å². The van der Waals surface area contributed by atoms with Crippen LogP contribution in [0, 0.1) is 5.92 Å². The summed E-state index contributed by atoms with van der Waals surface area (Å²) < 4.78 is 31.7. The first kappa shape index (κ1) is 22.4. The van der Waals surface area contributed by atoms with Gasteiger partial charge in [-0.25, -0.2) is 4.79 Å². The third kappa shape index (κ3) is 13.3. The van der Waals surface area contributed by atoms with E-state index in [2.05, 4.69) is 6.92 Å². The van der Waals surface area contributed by atoms with Crippen LogP contribution in [-0.2, 0) is 26.1 Å². The molecule has 0 aliphatic heterocycles. The molecule has 0 aromatic rings. The molecule has 0 rings (SSSR count). The Morgan fingerprint density at radius 2 is 1.56 bits per heavy atom. The van der Waals surface area contributed by atoms with E-state index >= 15 is 0 Å². The monoisotopic (exact) mass is 316 g/mol. The van der Waals surface area contributed by atoms with E-state index in [9.17, 15) is 18.0 Å². The molecule has 0 amide bonds. The molecule has 4 nitrogen and oxygen atoms in total. The molecule has 0 aromatic carbocycles. The van der Waals surface area contributed by atoms with Crippen LogP contribution in [0.15, 0.2) is 0 Å². The molecule has 0 radical (unpaired) electrons. The van der Waals surface area contributed by atoms with Crippen molar-refractivity contribution in [3.8, 4) is 0 Å². The Morgan fingerprint density at radius 3 is 1.72 bits per heavy atom. The van der Waals surface area contributed by atoms with Gasteiger partial charge < -0.3 is 10.2 Å². The van der Waals surface area contributed by atoms with Crippen LogP contribution in [0.3, 0.4) is 0 Å². The van der Waals surface area contributed by atoms with Crippen LogP contribution in [0.1, 0.15) is 39.5 Å². The van der Waals surface area contributed by atoms with Gasteiger partial charge in [0.25, 0.3) is 0 Å². The number of hydrogen-bond donors (Lipinski definition) is 2. The zero-order valence-electron chi connectivity index (χ0n) is 10.1. The van der Waals surface area contributed by atoms with Crippen LogP contribution >= 0.6 is 0 Å². The van der Waals surface area contributed by atoms with Crippen LogP contribution < -0.4 is 0 Å². The van der Waals surface area contributed by atoms with Crippen molar-refractivity contribution in [1.29, 1.82) is 0 Å². The van der Waals surface area contributed by atoms with Crippen molar-refractivity contribution >= 4 is 11.9 Å². The van der Waals surface area contributed by atoms with Gasteiger partial charge in [-0.05, 0) is 12.8 Å². The van der Waals surface area contributed by atoms with E-state index in [1.165, 1.54) is 0 Å². The average Bonchev–Trinajstić information content (AvgIpc) is 2.18. The zero-order chi connectivity index (χ0) is 14.1. The number of halogens is 3. The Labute approximate surface area is 113 Å². The number of unbranched alkanes of at least 4 members (excludes halogenated alkanes) is 1. The molecule has 0 fully saturated rings. The molecule has 2 N–H and O–H groups in total. The van der Waals surface area contributed by atoms with Crippen LogP contribution in [0.5, 0.6) is 0 Å². The van der Waals surface area contributed by atoms with Gasteiger partial charge in [-0.3, -0.25) is 4.79 Å². The second kappa shape index (κ2) is 11.3. The fourth-order valence-corrected chi connectivity index (χ4v) is 0.953. The molecule has 112 valence electrons. The van der Waals surface area contributed by atoms with Gasteiger partial charge in [0, 0.05) is 16.5 Å². The maximum atomic E-state index is 10.6. The van der Waals surface area contributed by atoms with Crippen molar-refractivity contribution < 1.29 is 49.5 Å². The molecule has 1 unspecified atom stereocenters. The summed E-state index contributed by atoms with van der Waals surface area (Å²) in [7, 11) is 0. The van der Waals surface area contributed by atoms with Crippen molar-refractivity contribution in [2.24, 2.45) is 5.92 Å². The van der Waals surface area contributed by atoms with Gasteiger partial charge in [0.2, 0.25) is 0 Å². The van der Waals surface area contributed by atoms with Crippen molar-refractivity contribution in [2.75, 3.05) is 0 Å². The molecule has 0 aliphatic rings. The normalized spacial score (nSPS) is 11.6.